The molecule has 5 heteroatoms. The van der Waals surface area contributed by atoms with Crippen LogP contribution in [0.3, 0.4) is 0 Å². The van der Waals surface area contributed by atoms with E-state index in [1.54, 1.807) is 13.2 Å². The highest BCUT2D eigenvalue weighted by atomic mass is 16.5. The molecule has 0 bridgehead atoms. The molecule has 1 saturated heterocycles. The topological polar surface area (TPSA) is 56.8 Å². The Morgan fingerprint density at radius 1 is 1.43 bits per heavy atom. The number of hydrogen-bond acceptors (Lipinski definition) is 4. The van der Waals surface area contributed by atoms with Crippen molar-refractivity contribution >= 4 is 5.91 Å². The van der Waals surface area contributed by atoms with E-state index in [9.17, 15) is 4.79 Å². The molecule has 1 atom stereocenters. The number of methoxy groups -OCH3 is 1. The summed E-state index contributed by atoms with van der Waals surface area (Å²) in [4.78, 5) is 12.3. The first-order valence-electron chi connectivity index (χ1n) is 8.24. The molecule has 5 nitrogen and oxygen atoms in total. The summed E-state index contributed by atoms with van der Waals surface area (Å²) in [6, 6.07) is 5.43. The SMILES string of the molecule is COc1ccc(C(=O)NC[C@H]2CCCO2)cc1COCC(C)C. The van der Waals surface area contributed by atoms with Gasteiger partial charge in [0, 0.05) is 30.9 Å². The lowest BCUT2D eigenvalue weighted by Gasteiger charge is -2.14. The molecule has 2 rings (SSSR count). The number of carbonyl (C=O) groups excluding carboxylic acids is 1. The summed E-state index contributed by atoms with van der Waals surface area (Å²) in [5.41, 5.74) is 1.50. The van der Waals surface area contributed by atoms with Crippen LogP contribution in [0, 0.1) is 5.92 Å². The molecule has 0 spiro atoms. The third-order valence-corrected chi connectivity index (χ3v) is 3.77. The Morgan fingerprint density at radius 2 is 2.26 bits per heavy atom. The van der Waals surface area contributed by atoms with E-state index in [1.807, 2.05) is 12.1 Å². The number of nitrogens with one attached hydrogen (secondary N) is 1. The van der Waals surface area contributed by atoms with Gasteiger partial charge in [0.1, 0.15) is 5.75 Å². The average molecular weight is 321 g/mol. The fourth-order valence-electron chi connectivity index (χ4n) is 2.55. The molecule has 1 heterocycles. The monoisotopic (exact) mass is 321 g/mol. The zero-order chi connectivity index (χ0) is 16.7. The van der Waals surface area contributed by atoms with E-state index >= 15 is 0 Å². The summed E-state index contributed by atoms with van der Waals surface area (Å²) >= 11 is 0. The van der Waals surface area contributed by atoms with Crippen LogP contribution in [-0.4, -0.2) is 38.9 Å². The van der Waals surface area contributed by atoms with Crippen LogP contribution in [0.1, 0.15) is 42.6 Å². The molecule has 1 fully saturated rings. The molecule has 1 amide bonds. The van der Waals surface area contributed by atoms with Gasteiger partial charge in [-0.1, -0.05) is 13.8 Å². The minimum atomic E-state index is -0.0896. The van der Waals surface area contributed by atoms with Crippen LogP contribution in [-0.2, 0) is 16.1 Å². The Labute approximate surface area is 138 Å². The van der Waals surface area contributed by atoms with Crippen molar-refractivity contribution in [3.63, 3.8) is 0 Å². The molecule has 0 unspecified atom stereocenters. The Morgan fingerprint density at radius 3 is 2.91 bits per heavy atom. The Balaban J connectivity index is 1.95. The van der Waals surface area contributed by atoms with Gasteiger partial charge in [-0.3, -0.25) is 4.79 Å². The van der Waals surface area contributed by atoms with E-state index in [-0.39, 0.29) is 12.0 Å². The van der Waals surface area contributed by atoms with Gasteiger partial charge < -0.3 is 19.5 Å². The second kappa shape index (κ2) is 8.89. The molecule has 1 aromatic carbocycles. The molecule has 0 aromatic heterocycles. The van der Waals surface area contributed by atoms with Gasteiger partial charge in [-0.15, -0.1) is 0 Å². The lowest BCUT2D eigenvalue weighted by molar-refractivity contribution is 0.0855. The zero-order valence-electron chi connectivity index (χ0n) is 14.3. The standard InChI is InChI=1S/C18H27NO4/c1-13(2)11-22-12-15-9-14(6-7-17(15)21-3)18(20)19-10-16-5-4-8-23-16/h6-7,9,13,16H,4-5,8,10-12H2,1-3H3,(H,19,20)/t16-/m1/s1. The fourth-order valence-corrected chi connectivity index (χ4v) is 2.55. The van der Waals surface area contributed by atoms with Crippen LogP contribution in [0.5, 0.6) is 5.75 Å². The first-order valence-corrected chi connectivity index (χ1v) is 8.24. The molecule has 128 valence electrons. The molecular weight excluding hydrogens is 294 g/mol. The minimum absolute atomic E-state index is 0.0896. The van der Waals surface area contributed by atoms with Crippen LogP contribution < -0.4 is 10.1 Å². The van der Waals surface area contributed by atoms with Gasteiger partial charge >= 0.3 is 0 Å². The lowest BCUT2D eigenvalue weighted by Crippen LogP contribution is -2.31. The minimum Gasteiger partial charge on any atom is -0.496 e. The van der Waals surface area contributed by atoms with E-state index < -0.39 is 0 Å². The van der Waals surface area contributed by atoms with Crippen molar-refractivity contribution in [1.82, 2.24) is 5.32 Å². The summed E-state index contributed by atoms with van der Waals surface area (Å²) in [5.74, 6) is 1.12. The average Bonchev–Trinajstić information content (AvgIpc) is 3.05. The summed E-state index contributed by atoms with van der Waals surface area (Å²) in [5, 5.41) is 2.93. The number of amides is 1. The van der Waals surface area contributed by atoms with E-state index in [2.05, 4.69) is 19.2 Å². The largest absolute Gasteiger partial charge is 0.496 e. The Bertz CT molecular complexity index is 510. The molecule has 0 radical (unpaired) electrons. The Kier molecular flexibility index (Phi) is 6.86. The first kappa shape index (κ1) is 17.8. The van der Waals surface area contributed by atoms with Gasteiger partial charge in [0.15, 0.2) is 0 Å². The molecule has 1 aliphatic rings. The van der Waals surface area contributed by atoms with Crippen LogP contribution in [0.25, 0.3) is 0 Å². The predicted molar refractivity (Wildman–Crippen MR) is 88.8 cm³/mol. The van der Waals surface area contributed by atoms with Gasteiger partial charge in [-0.05, 0) is 37.0 Å². The summed E-state index contributed by atoms with van der Waals surface area (Å²) < 4.78 is 16.5. The number of benzene rings is 1. The molecule has 1 aliphatic heterocycles. The molecule has 23 heavy (non-hydrogen) atoms. The molecule has 1 N–H and O–H groups in total. The number of rotatable bonds is 8. The van der Waals surface area contributed by atoms with Crippen molar-refractivity contribution in [3.05, 3.63) is 29.3 Å². The molecular formula is C18H27NO4. The van der Waals surface area contributed by atoms with Crippen molar-refractivity contribution in [2.75, 3.05) is 26.9 Å². The van der Waals surface area contributed by atoms with E-state index in [1.165, 1.54) is 0 Å². The van der Waals surface area contributed by atoms with Gasteiger partial charge in [-0.2, -0.15) is 0 Å². The van der Waals surface area contributed by atoms with Crippen LogP contribution in [0.2, 0.25) is 0 Å². The van der Waals surface area contributed by atoms with Crippen LogP contribution >= 0.6 is 0 Å². The van der Waals surface area contributed by atoms with Crippen molar-refractivity contribution in [1.29, 1.82) is 0 Å². The normalized spacial score (nSPS) is 17.5. The highest BCUT2D eigenvalue weighted by molar-refractivity contribution is 5.94. The lowest BCUT2D eigenvalue weighted by atomic mass is 10.1. The second-order valence-corrected chi connectivity index (χ2v) is 6.28. The van der Waals surface area contributed by atoms with Crippen molar-refractivity contribution in [2.45, 2.75) is 39.4 Å². The Hall–Kier alpha value is -1.59. The first-order chi connectivity index (χ1) is 11.1. The maximum Gasteiger partial charge on any atom is 0.251 e. The number of ether oxygens (including phenoxy) is 3. The van der Waals surface area contributed by atoms with Crippen molar-refractivity contribution in [3.8, 4) is 5.75 Å². The molecule has 0 saturated carbocycles. The summed E-state index contributed by atoms with van der Waals surface area (Å²) in [7, 11) is 1.62. The summed E-state index contributed by atoms with van der Waals surface area (Å²) in [6.07, 6.45) is 2.23. The number of hydrogen-bond donors (Lipinski definition) is 1. The molecule has 1 aromatic rings. The summed E-state index contributed by atoms with van der Waals surface area (Å²) in [6.45, 7) is 6.68. The highest BCUT2D eigenvalue weighted by Gasteiger charge is 2.17. The van der Waals surface area contributed by atoms with Crippen LogP contribution in [0.4, 0.5) is 0 Å². The highest BCUT2D eigenvalue weighted by Crippen LogP contribution is 2.21. The van der Waals surface area contributed by atoms with E-state index in [0.717, 1.165) is 30.8 Å². The van der Waals surface area contributed by atoms with Crippen LogP contribution in [0.15, 0.2) is 18.2 Å². The van der Waals surface area contributed by atoms with Gasteiger partial charge in [0.2, 0.25) is 0 Å². The molecule has 0 aliphatic carbocycles. The zero-order valence-corrected chi connectivity index (χ0v) is 14.3. The van der Waals surface area contributed by atoms with Crippen molar-refractivity contribution < 1.29 is 19.0 Å². The predicted octanol–water partition coefficient (Wildman–Crippen LogP) is 2.78. The second-order valence-electron chi connectivity index (χ2n) is 6.28. The third kappa shape index (κ3) is 5.52. The smallest absolute Gasteiger partial charge is 0.251 e. The van der Waals surface area contributed by atoms with Gasteiger partial charge in [0.25, 0.3) is 5.91 Å². The van der Waals surface area contributed by atoms with Gasteiger partial charge in [0.05, 0.1) is 19.8 Å². The van der Waals surface area contributed by atoms with E-state index in [0.29, 0.717) is 31.2 Å². The van der Waals surface area contributed by atoms with Gasteiger partial charge in [-0.25, -0.2) is 0 Å². The maximum absolute atomic E-state index is 12.3. The quantitative estimate of drug-likeness (QED) is 0.800. The van der Waals surface area contributed by atoms with E-state index in [4.69, 9.17) is 14.2 Å². The fraction of sp³-hybridized carbons (Fsp3) is 0.611. The number of carbonyl (C=O) groups is 1. The third-order valence-electron chi connectivity index (χ3n) is 3.77. The maximum atomic E-state index is 12.3. The van der Waals surface area contributed by atoms with Crippen molar-refractivity contribution in [2.24, 2.45) is 5.92 Å².